The smallest absolute Gasteiger partial charge is 0.336 e. The third kappa shape index (κ3) is 5.57. The van der Waals surface area contributed by atoms with Crippen LogP contribution < -0.4 is 14.8 Å². The molecule has 1 N–H and O–H groups in total. The number of Topliss-reactive ketones (excluding diaryl/α,β-unsaturated/α-hetero) is 1. The Hall–Kier alpha value is -3.19. The second-order valence-corrected chi connectivity index (χ2v) is 10.8. The highest BCUT2D eigenvalue weighted by atomic mass is 32.2. The van der Waals surface area contributed by atoms with Gasteiger partial charge in [-0.15, -0.1) is 11.8 Å². The number of hydrogen-bond acceptors (Lipinski definition) is 7. The number of carbonyl (C=O) groups is 2. The van der Waals surface area contributed by atoms with Gasteiger partial charge in [-0.05, 0) is 66.8 Å². The van der Waals surface area contributed by atoms with Crippen molar-refractivity contribution in [1.29, 1.82) is 0 Å². The van der Waals surface area contributed by atoms with E-state index in [1.807, 2.05) is 69.5 Å². The summed E-state index contributed by atoms with van der Waals surface area (Å²) in [5.41, 5.74) is 4.70. The summed E-state index contributed by atoms with van der Waals surface area (Å²) in [4.78, 5) is 28.3. The number of esters is 1. The van der Waals surface area contributed by atoms with Crippen LogP contribution in [0.5, 0.6) is 11.5 Å². The average molecular weight is 522 g/mol. The second kappa shape index (κ2) is 11.5. The molecule has 0 saturated heterocycles. The third-order valence-electron chi connectivity index (χ3n) is 6.92. The Morgan fingerprint density at radius 2 is 1.70 bits per heavy atom. The number of dihydropyridines is 1. The summed E-state index contributed by atoms with van der Waals surface area (Å²) in [6.07, 6.45) is 3.03. The molecule has 196 valence electrons. The number of benzene rings is 2. The molecule has 0 bridgehead atoms. The summed E-state index contributed by atoms with van der Waals surface area (Å²) in [6.45, 7) is 6.23. The second-order valence-electron chi connectivity index (χ2n) is 9.90. The van der Waals surface area contributed by atoms with Crippen LogP contribution in [-0.2, 0) is 14.3 Å². The van der Waals surface area contributed by atoms with Crippen molar-refractivity contribution in [2.75, 3.05) is 27.1 Å². The third-order valence-corrected chi connectivity index (χ3v) is 7.67. The first-order valence-electron chi connectivity index (χ1n) is 12.5. The summed E-state index contributed by atoms with van der Waals surface area (Å²) in [5, 5.41) is 3.42. The molecule has 0 amide bonds. The highest BCUT2D eigenvalue weighted by Crippen LogP contribution is 2.46. The van der Waals surface area contributed by atoms with Crippen LogP contribution in [0.15, 0.2) is 69.9 Å². The highest BCUT2D eigenvalue weighted by molar-refractivity contribution is 7.98. The first kappa shape index (κ1) is 26.9. The molecule has 1 aliphatic carbocycles. The molecule has 37 heavy (non-hydrogen) atoms. The Labute approximate surface area is 223 Å². The van der Waals surface area contributed by atoms with Crippen LogP contribution in [0.1, 0.15) is 56.6 Å². The van der Waals surface area contributed by atoms with E-state index in [9.17, 15) is 9.59 Å². The molecule has 0 aromatic heterocycles. The van der Waals surface area contributed by atoms with E-state index in [1.165, 1.54) is 0 Å². The minimum Gasteiger partial charge on any atom is -0.493 e. The molecule has 6 nitrogen and oxygen atoms in total. The molecule has 0 spiro atoms. The van der Waals surface area contributed by atoms with Gasteiger partial charge in [-0.3, -0.25) is 4.79 Å². The Kier molecular flexibility index (Phi) is 8.32. The van der Waals surface area contributed by atoms with Crippen molar-refractivity contribution in [2.24, 2.45) is 5.92 Å². The quantitative estimate of drug-likeness (QED) is 0.338. The number of ketones is 1. The van der Waals surface area contributed by atoms with Crippen molar-refractivity contribution in [2.45, 2.75) is 50.3 Å². The molecular formula is C30H35NO5S. The number of nitrogens with one attached hydrogen (secondary N) is 1. The lowest BCUT2D eigenvalue weighted by Gasteiger charge is -2.37. The average Bonchev–Trinajstić information content (AvgIpc) is 2.90. The summed E-state index contributed by atoms with van der Waals surface area (Å²) in [6, 6.07) is 13.9. The highest BCUT2D eigenvalue weighted by Gasteiger charge is 2.41. The number of allylic oxidation sites excluding steroid dienone is 3. The predicted molar refractivity (Wildman–Crippen MR) is 146 cm³/mol. The van der Waals surface area contributed by atoms with Gasteiger partial charge >= 0.3 is 5.97 Å². The van der Waals surface area contributed by atoms with E-state index in [4.69, 9.17) is 14.2 Å². The molecular weight excluding hydrogens is 486 g/mol. The number of ether oxygens (including phenoxy) is 3. The first-order valence-corrected chi connectivity index (χ1v) is 13.8. The van der Waals surface area contributed by atoms with Crippen molar-refractivity contribution < 1.29 is 23.8 Å². The lowest BCUT2D eigenvalue weighted by molar-refractivity contribution is -0.140. The molecule has 4 rings (SSSR count). The van der Waals surface area contributed by atoms with Crippen LogP contribution in [0.2, 0.25) is 0 Å². The number of thioether (sulfide) groups is 1. The zero-order chi connectivity index (χ0) is 26.7. The number of carbonyl (C=O) groups excluding carboxylic acids is 2. The van der Waals surface area contributed by atoms with Gasteiger partial charge in [-0.2, -0.15) is 0 Å². The summed E-state index contributed by atoms with van der Waals surface area (Å²) >= 11 is 1.66. The lowest BCUT2D eigenvalue weighted by Crippen LogP contribution is -2.36. The van der Waals surface area contributed by atoms with Crippen LogP contribution in [-0.4, -0.2) is 38.8 Å². The topological polar surface area (TPSA) is 73.9 Å². The first-order chi connectivity index (χ1) is 17.8. The Bertz CT molecular complexity index is 1250. The van der Waals surface area contributed by atoms with Gasteiger partial charge < -0.3 is 19.5 Å². The van der Waals surface area contributed by atoms with E-state index in [1.54, 1.807) is 26.0 Å². The van der Waals surface area contributed by atoms with Crippen molar-refractivity contribution in [3.63, 3.8) is 0 Å². The Balaban J connectivity index is 1.75. The molecule has 2 atom stereocenters. The molecule has 1 aliphatic heterocycles. The summed E-state index contributed by atoms with van der Waals surface area (Å²) in [7, 11) is 3.22. The molecule has 2 aromatic rings. The van der Waals surface area contributed by atoms with Gasteiger partial charge in [0, 0.05) is 34.2 Å². The van der Waals surface area contributed by atoms with E-state index >= 15 is 0 Å². The molecule has 2 aliphatic rings. The van der Waals surface area contributed by atoms with Crippen molar-refractivity contribution in [3.05, 3.63) is 76.1 Å². The Morgan fingerprint density at radius 1 is 1.03 bits per heavy atom. The standard InChI is InChI=1S/C30H35NO5S/c1-17(2)16-36-30(33)27-18(3)31-23-13-21(20-9-12-25(34-4)26(15-20)35-5)14-24(32)29(23)28(27)19-7-10-22(37-6)11-8-19/h7-12,15,17,21,28,31H,13-14,16H2,1-6H3/t21-,28+/m0/s1. The maximum Gasteiger partial charge on any atom is 0.336 e. The number of methoxy groups -OCH3 is 2. The van der Waals surface area contributed by atoms with Crippen molar-refractivity contribution in [3.8, 4) is 11.5 Å². The van der Waals surface area contributed by atoms with Gasteiger partial charge in [0.15, 0.2) is 17.3 Å². The summed E-state index contributed by atoms with van der Waals surface area (Å²) < 4.78 is 16.5. The molecule has 0 radical (unpaired) electrons. The fraction of sp³-hybridized carbons (Fsp3) is 0.400. The van der Waals surface area contributed by atoms with E-state index < -0.39 is 5.92 Å². The van der Waals surface area contributed by atoms with E-state index in [-0.39, 0.29) is 23.6 Å². The van der Waals surface area contributed by atoms with E-state index in [2.05, 4.69) is 5.32 Å². The maximum absolute atomic E-state index is 13.8. The van der Waals surface area contributed by atoms with Gasteiger partial charge in [-0.25, -0.2) is 4.79 Å². The molecule has 0 saturated carbocycles. The van der Waals surface area contributed by atoms with E-state index in [0.717, 1.165) is 27.4 Å². The van der Waals surface area contributed by atoms with Gasteiger partial charge in [0.25, 0.3) is 0 Å². The molecule has 0 unspecified atom stereocenters. The normalized spacial score (nSPS) is 19.5. The molecule has 2 aromatic carbocycles. The summed E-state index contributed by atoms with van der Waals surface area (Å²) in [5.74, 6) is 0.691. The van der Waals surface area contributed by atoms with Gasteiger partial charge in [0.05, 0.1) is 26.4 Å². The van der Waals surface area contributed by atoms with Crippen LogP contribution in [0.4, 0.5) is 0 Å². The van der Waals surface area contributed by atoms with Crippen molar-refractivity contribution >= 4 is 23.5 Å². The lowest BCUT2D eigenvalue weighted by atomic mass is 9.71. The molecule has 1 heterocycles. The van der Waals surface area contributed by atoms with Gasteiger partial charge in [0.2, 0.25) is 0 Å². The van der Waals surface area contributed by atoms with Crippen LogP contribution >= 0.6 is 11.8 Å². The van der Waals surface area contributed by atoms with Crippen LogP contribution in [0.3, 0.4) is 0 Å². The predicted octanol–water partition coefficient (Wildman–Crippen LogP) is 5.99. The minimum absolute atomic E-state index is 0.0136. The molecule has 0 fully saturated rings. The monoisotopic (exact) mass is 521 g/mol. The maximum atomic E-state index is 13.8. The zero-order valence-corrected chi connectivity index (χ0v) is 23.2. The largest absolute Gasteiger partial charge is 0.493 e. The SMILES string of the molecule is COc1ccc([C@@H]2CC(=O)C3=C(C2)NC(C)=C(C(=O)OCC(C)C)[C@H]3c2ccc(SC)cc2)cc1OC. The van der Waals surface area contributed by atoms with E-state index in [0.29, 0.717) is 42.1 Å². The zero-order valence-electron chi connectivity index (χ0n) is 22.3. The molecule has 7 heteroatoms. The van der Waals surface area contributed by atoms with Crippen LogP contribution in [0.25, 0.3) is 0 Å². The van der Waals surface area contributed by atoms with Gasteiger partial charge in [-0.1, -0.05) is 32.0 Å². The fourth-order valence-corrected chi connectivity index (χ4v) is 5.51. The van der Waals surface area contributed by atoms with Crippen LogP contribution in [0, 0.1) is 5.92 Å². The fourth-order valence-electron chi connectivity index (χ4n) is 5.10. The number of hydrogen-bond donors (Lipinski definition) is 1. The number of rotatable bonds is 8. The minimum atomic E-state index is -0.467. The van der Waals surface area contributed by atoms with Gasteiger partial charge in [0.1, 0.15) is 0 Å². The van der Waals surface area contributed by atoms with Crippen molar-refractivity contribution in [1.82, 2.24) is 5.32 Å². The Morgan fingerprint density at radius 3 is 2.32 bits per heavy atom.